The Bertz CT molecular complexity index is 918. The van der Waals surface area contributed by atoms with Gasteiger partial charge in [0.2, 0.25) is 0 Å². The van der Waals surface area contributed by atoms with E-state index in [9.17, 15) is 19.3 Å². The molecule has 0 bridgehead atoms. The second-order valence-corrected chi connectivity index (χ2v) is 5.49. The van der Waals surface area contributed by atoms with Gasteiger partial charge in [-0.2, -0.15) is 5.26 Å². The molecule has 1 amide bonds. The van der Waals surface area contributed by atoms with Crippen LogP contribution < -0.4 is 5.32 Å². The molecule has 0 saturated heterocycles. The van der Waals surface area contributed by atoms with Gasteiger partial charge in [0.05, 0.1) is 20.7 Å². The SMILES string of the molecule is N#C/C(=C\c1c(F)cccc1Cl)C(=O)Nc1ccc([N+](=O)[O-])cc1Cl. The van der Waals surface area contributed by atoms with E-state index in [4.69, 9.17) is 28.5 Å². The van der Waals surface area contributed by atoms with Gasteiger partial charge in [0.25, 0.3) is 11.6 Å². The summed E-state index contributed by atoms with van der Waals surface area (Å²) in [7, 11) is 0. The first-order valence-electron chi connectivity index (χ1n) is 6.64. The monoisotopic (exact) mass is 379 g/mol. The molecule has 25 heavy (non-hydrogen) atoms. The minimum atomic E-state index is -0.863. The number of amides is 1. The van der Waals surface area contributed by atoms with Crippen LogP contribution in [0.5, 0.6) is 0 Å². The number of carbonyl (C=O) groups is 1. The fourth-order valence-electron chi connectivity index (χ4n) is 1.85. The van der Waals surface area contributed by atoms with Crippen LogP contribution in [-0.4, -0.2) is 10.8 Å². The normalized spacial score (nSPS) is 10.9. The van der Waals surface area contributed by atoms with Gasteiger partial charge in [0, 0.05) is 17.7 Å². The summed E-state index contributed by atoms with van der Waals surface area (Å²) in [5, 5.41) is 22.1. The van der Waals surface area contributed by atoms with Crippen LogP contribution in [0.3, 0.4) is 0 Å². The number of non-ortho nitro benzene ring substituents is 1. The Morgan fingerprint density at radius 1 is 1.28 bits per heavy atom. The zero-order chi connectivity index (χ0) is 18.6. The molecule has 0 aliphatic rings. The number of hydrogen-bond acceptors (Lipinski definition) is 4. The summed E-state index contributed by atoms with van der Waals surface area (Å²) in [6.45, 7) is 0. The summed E-state index contributed by atoms with van der Waals surface area (Å²) < 4.78 is 13.8. The Balaban J connectivity index is 2.31. The molecule has 0 aliphatic heterocycles. The zero-order valence-electron chi connectivity index (χ0n) is 12.3. The highest BCUT2D eigenvalue weighted by atomic mass is 35.5. The average molecular weight is 380 g/mol. The van der Waals surface area contributed by atoms with E-state index in [0.29, 0.717) is 0 Å². The molecule has 0 aromatic heterocycles. The minimum absolute atomic E-state index is 0.0360. The Hall–Kier alpha value is -2.95. The quantitative estimate of drug-likeness (QED) is 0.363. The lowest BCUT2D eigenvalue weighted by Crippen LogP contribution is -2.14. The van der Waals surface area contributed by atoms with Gasteiger partial charge in [-0.1, -0.05) is 29.3 Å². The largest absolute Gasteiger partial charge is 0.320 e. The van der Waals surface area contributed by atoms with Gasteiger partial charge in [-0.05, 0) is 24.3 Å². The molecular weight excluding hydrogens is 372 g/mol. The Labute approximate surface area is 151 Å². The van der Waals surface area contributed by atoms with Crippen molar-refractivity contribution in [2.45, 2.75) is 0 Å². The molecule has 0 radical (unpaired) electrons. The molecule has 2 aromatic carbocycles. The summed E-state index contributed by atoms with van der Waals surface area (Å²) in [5.41, 5.74) is -0.706. The van der Waals surface area contributed by atoms with Crippen LogP contribution in [0.15, 0.2) is 42.0 Å². The average Bonchev–Trinajstić information content (AvgIpc) is 2.56. The topological polar surface area (TPSA) is 96.0 Å². The maximum absolute atomic E-state index is 13.8. The lowest BCUT2D eigenvalue weighted by atomic mass is 10.1. The summed E-state index contributed by atoms with van der Waals surface area (Å²) in [4.78, 5) is 22.2. The number of rotatable bonds is 4. The van der Waals surface area contributed by atoms with Gasteiger partial charge in [0.15, 0.2) is 0 Å². The minimum Gasteiger partial charge on any atom is -0.320 e. The van der Waals surface area contributed by atoms with Crippen molar-refractivity contribution in [2.75, 3.05) is 5.32 Å². The van der Waals surface area contributed by atoms with Gasteiger partial charge >= 0.3 is 0 Å². The number of nitriles is 1. The van der Waals surface area contributed by atoms with Crippen molar-refractivity contribution in [3.8, 4) is 6.07 Å². The zero-order valence-corrected chi connectivity index (χ0v) is 13.8. The molecule has 0 aliphatic carbocycles. The third-order valence-corrected chi connectivity index (χ3v) is 3.71. The van der Waals surface area contributed by atoms with E-state index in [1.54, 1.807) is 6.07 Å². The molecule has 0 fully saturated rings. The third kappa shape index (κ3) is 4.32. The molecule has 126 valence electrons. The number of benzene rings is 2. The highest BCUT2D eigenvalue weighted by Gasteiger charge is 2.16. The fourth-order valence-corrected chi connectivity index (χ4v) is 2.29. The molecule has 0 atom stereocenters. The molecule has 2 aromatic rings. The number of anilines is 1. The first-order chi connectivity index (χ1) is 11.8. The van der Waals surface area contributed by atoms with Crippen molar-refractivity contribution in [1.29, 1.82) is 5.26 Å². The van der Waals surface area contributed by atoms with Crippen molar-refractivity contribution in [3.63, 3.8) is 0 Å². The summed E-state index contributed by atoms with van der Waals surface area (Å²) >= 11 is 11.7. The second-order valence-electron chi connectivity index (χ2n) is 4.68. The molecule has 0 unspecified atom stereocenters. The summed E-state index contributed by atoms with van der Waals surface area (Å²) in [5.74, 6) is -1.56. The van der Waals surface area contributed by atoms with Crippen LogP contribution in [0.2, 0.25) is 10.0 Å². The summed E-state index contributed by atoms with van der Waals surface area (Å²) in [6.07, 6.45) is 1.01. The first kappa shape index (κ1) is 18.4. The van der Waals surface area contributed by atoms with Crippen LogP contribution in [0.25, 0.3) is 6.08 Å². The second kappa shape index (κ2) is 7.75. The molecule has 0 saturated carbocycles. The highest BCUT2D eigenvalue weighted by molar-refractivity contribution is 6.34. The van der Waals surface area contributed by atoms with Crippen LogP contribution in [0.4, 0.5) is 15.8 Å². The van der Waals surface area contributed by atoms with Crippen LogP contribution in [-0.2, 0) is 4.79 Å². The van der Waals surface area contributed by atoms with Gasteiger partial charge in [-0.25, -0.2) is 4.39 Å². The number of hydrogen-bond donors (Lipinski definition) is 1. The van der Waals surface area contributed by atoms with E-state index in [1.807, 2.05) is 0 Å². The van der Waals surface area contributed by atoms with Crippen molar-refractivity contribution < 1.29 is 14.1 Å². The number of halogens is 3. The van der Waals surface area contributed by atoms with Gasteiger partial charge in [0.1, 0.15) is 17.5 Å². The van der Waals surface area contributed by atoms with E-state index >= 15 is 0 Å². The standard InChI is InChI=1S/C16H8Cl2FN3O3/c17-12-2-1-3-14(19)11(12)6-9(8-20)16(23)21-15-5-4-10(22(24)25)7-13(15)18/h1-7H,(H,21,23)/b9-6+. The van der Waals surface area contributed by atoms with E-state index in [2.05, 4.69) is 5.32 Å². The number of carbonyl (C=O) groups excluding carboxylic acids is 1. The maximum atomic E-state index is 13.8. The Kier molecular flexibility index (Phi) is 5.70. The van der Waals surface area contributed by atoms with E-state index in [-0.39, 0.29) is 27.0 Å². The van der Waals surface area contributed by atoms with Crippen molar-refractivity contribution >= 4 is 46.6 Å². The van der Waals surface area contributed by atoms with E-state index in [0.717, 1.165) is 24.3 Å². The van der Waals surface area contributed by atoms with Crippen molar-refractivity contribution in [1.82, 2.24) is 0 Å². The number of nitro benzene ring substituents is 1. The highest BCUT2D eigenvalue weighted by Crippen LogP contribution is 2.27. The molecule has 9 heteroatoms. The molecule has 0 heterocycles. The number of nitrogens with zero attached hydrogens (tertiary/aromatic N) is 2. The fraction of sp³-hybridized carbons (Fsp3) is 0. The van der Waals surface area contributed by atoms with Gasteiger partial charge < -0.3 is 5.32 Å². The number of nitro groups is 1. The maximum Gasteiger partial charge on any atom is 0.271 e. The van der Waals surface area contributed by atoms with Crippen molar-refractivity contribution in [2.24, 2.45) is 0 Å². The predicted molar refractivity (Wildman–Crippen MR) is 91.7 cm³/mol. The lowest BCUT2D eigenvalue weighted by Gasteiger charge is -2.07. The molecule has 0 spiro atoms. The molecule has 1 N–H and O–H groups in total. The van der Waals surface area contributed by atoms with Crippen LogP contribution in [0.1, 0.15) is 5.56 Å². The lowest BCUT2D eigenvalue weighted by molar-refractivity contribution is -0.384. The Morgan fingerprint density at radius 2 is 2.00 bits per heavy atom. The van der Waals surface area contributed by atoms with Gasteiger partial charge in [-0.3, -0.25) is 14.9 Å². The number of nitrogens with one attached hydrogen (secondary N) is 1. The van der Waals surface area contributed by atoms with Crippen molar-refractivity contribution in [3.05, 3.63) is 73.5 Å². The van der Waals surface area contributed by atoms with Crippen LogP contribution in [0, 0.1) is 27.3 Å². The molecule has 6 nitrogen and oxygen atoms in total. The predicted octanol–water partition coefficient (Wildman–Crippen LogP) is 4.59. The van der Waals surface area contributed by atoms with E-state index in [1.165, 1.54) is 18.2 Å². The smallest absolute Gasteiger partial charge is 0.271 e. The Morgan fingerprint density at radius 3 is 2.56 bits per heavy atom. The first-order valence-corrected chi connectivity index (χ1v) is 7.40. The van der Waals surface area contributed by atoms with Gasteiger partial charge in [-0.15, -0.1) is 0 Å². The molecule has 2 rings (SSSR count). The van der Waals surface area contributed by atoms with Crippen LogP contribution >= 0.6 is 23.2 Å². The molecular formula is C16H8Cl2FN3O3. The third-order valence-electron chi connectivity index (χ3n) is 3.07. The summed E-state index contributed by atoms with van der Waals surface area (Å²) in [6, 6.07) is 9.01. The van der Waals surface area contributed by atoms with E-state index < -0.39 is 22.2 Å².